The number of hydrogen-bond donors (Lipinski definition) is 3. The first-order valence-electron chi connectivity index (χ1n) is 11.1. The highest BCUT2D eigenvalue weighted by molar-refractivity contribution is 5.68. The van der Waals surface area contributed by atoms with E-state index in [1.165, 1.54) is 0 Å². The summed E-state index contributed by atoms with van der Waals surface area (Å²) in [6.07, 6.45) is 3.84. The summed E-state index contributed by atoms with van der Waals surface area (Å²) in [4.78, 5) is 20.8. The SMILES string of the molecule is CCCNc1nc(Nc2cccc(C#N)c2)ncc1C#C[C@H]1C[C@@H](NC(=O)OC(C)(C)C)C1. The summed E-state index contributed by atoms with van der Waals surface area (Å²) in [5.41, 5.74) is 1.52. The van der Waals surface area contributed by atoms with Crippen LogP contribution in [0.1, 0.15) is 58.1 Å². The van der Waals surface area contributed by atoms with Gasteiger partial charge in [-0.25, -0.2) is 9.78 Å². The molecular formula is C25H30N6O2. The van der Waals surface area contributed by atoms with E-state index in [4.69, 9.17) is 10.00 Å². The number of benzene rings is 1. The molecule has 1 aromatic heterocycles. The van der Waals surface area contributed by atoms with Crippen molar-refractivity contribution in [2.75, 3.05) is 17.2 Å². The molecule has 172 valence electrons. The van der Waals surface area contributed by atoms with Crippen molar-refractivity contribution in [1.82, 2.24) is 15.3 Å². The van der Waals surface area contributed by atoms with Crippen LogP contribution in [0, 0.1) is 29.1 Å². The van der Waals surface area contributed by atoms with Crippen LogP contribution in [0.15, 0.2) is 30.5 Å². The summed E-state index contributed by atoms with van der Waals surface area (Å²) >= 11 is 0. The van der Waals surface area contributed by atoms with Gasteiger partial charge in [-0.3, -0.25) is 0 Å². The number of carbonyl (C=O) groups is 1. The Morgan fingerprint density at radius 2 is 2.09 bits per heavy atom. The van der Waals surface area contributed by atoms with Crippen molar-refractivity contribution < 1.29 is 9.53 Å². The molecule has 1 aliphatic rings. The third kappa shape index (κ3) is 7.40. The molecule has 1 fully saturated rings. The summed E-state index contributed by atoms with van der Waals surface area (Å²) in [5.74, 6) is 7.76. The molecule has 1 heterocycles. The predicted molar refractivity (Wildman–Crippen MR) is 128 cm³/mol. The van der Waals surface area contributed by atoms with Crippen molar-refractivity contribution in [3.8, 4) is 17.9 Å². The zero-order valence-corrected chi connectivity index (χ0v) is 19.5. The highest BCUT2D eigenvalue weighted by atomic mass is 16.6. The Labute approximate surface area is 195 Å². The Balaban J connectivity index is 1.63. The van der Waals surface area contributed by atoms with Gasteiger partial charge in [0.2, 0.25) is 5.95 Å². The number of nitrogens with one attached hydrogen (secondary N) is 3. The number of rotatable bonds is 6. The number of aromatic nitrogens is 2. The number of hydrogen-bond acceptors (Lipinski definition) is 7. The Morgan fingerprint density at radius 1 is 1.30 bits per heavy atom. The van der Waals surface area contributed by atoms with E-state index in [0.29, 0.717) is 17.3 Å². The number of amides is 1. The lowest BCUT2D eigenvalue weighted by molar-refractivity contribution is 0.0467. The highest BCUT2D eigenvalue weighted by Crippen LogP contribution is 2.27. The van der Waals surface area contributed by atoms with Gasteiger partial charge < -0.3 is 20.7 Å². The molecule has 1 amide bonds. The molecule has 0 bridgehead atoms. The van der Waals surface area contributed by atoms with Crippen molar-refractivity contribution in [3.63, 3.8) is 0 Å². The zero-order chi connectivity index (χ0) is 23.8. The molecule has 2 aromatic rings. The standard InChI is InChI=1S/C25H30N6O2/c1-5-11-27-22-19(10-9-17-12-21(13-17)30-24(32)33-25(2,3)4)16-28-23(31-22)29-20-8-6-7-18(14-20)15-26/h6-8,14,16-17,21H,5,11-13H2,1-4H3,(H,30,32)(H2,27,28,29,31)/t17-,21+. The maximum absolute atomic E-state index is 11.9. The van der Waals surface area contributed by atoms with Crippen LogP contribution in [0.3, 0.4) is 0 Å². The van der Waals surface area contributed by atoms with Crippen LogP contribution < -0.4 is 16.0 Å². The van der Waals surface area contributed by atoms with Crippen LogP contribution >= 0.6 is 0 Å². The Bertz CT molecular complexity index is 1080. The van der Waals surface area contributed by atoms with E-state index < -0.39 is 5.60 Å². The van der Waals surface area contributed by atoms with Crippen molar-refractivity contribution in [3.05, 3.63) is 41.6 Å². The van der Waals surface area contributed by atoms with E-state index in [9.17, 15) is 4.79 Å². The van der Waals surface area contributed by atoms with Gasteiger partial charge in [-0.1, -0.05) is 24.8 Å². The monoisotopic (exact) mass is 446 g/mol. The maximum Gasteiger partial charge on any atom is 0.407 e. The first-order chi connectivity index (χ1) is 15.8. The van der Waals surface area contributed by atoms with Gasteiger partial charge in [0.25, 0.3) is 0 Å². The lowest BCUT2D eigenvalue weighted by Gasteiger charge is -2.33. The number of ether oxygens (including phenoxy) is 1. The van der Waals surface area contributed by atoms with Crippen LogP contribution in [0.2, 0.25) is 0 Å². The molecule has 0 atom stereocenters. The Kier molecular flexibility index (Phi) is 7.74. The molecule has 0 unspecified atom stereocenters. The third-order valence-corrected chi connectivity index (χ3v) is 4.85. The van der Waals surface area contributed by atoms with Gasteiger partial charge in [0.1, 0.15) is 11.4 Å². The molecule has 1 aromatic carbocycles. The van der Waals surface area contributed by atoms with E-state index in [2.05, 4.69) is 50.8 Å². The van der Waals surface area contributed by atoms with E-state index in [0.717, 1.165) is 37.1 Å². The van der Waals surface area contributed by atoms with Crippen LogP contribution in [-0.4, -0.2) is 34.2 Å². The number of alkyl carbamates (subject to hydrolysis) is 1. The number of nitrogens with zero attached hydrogens (tertiary/aromatic N) is 3. The summed E-state index contributed by atoms with van der Waals surface area (Å²) < 4.78 is 5.30. The Morgan fingerprint density at radius 3 is 2.79 bits per heavy atom. The van der Waals surface area contributed by atoms with E-state index in [1.807, 2.05) is 26.8 Å². The molecular weight excluding hydrogens is 416 g/mol. The second kappa shape index (κ2) is 10.7. The highest BCUT2D eigenvalue weighted by Gasteiger charge is 2.30. The average molecular weight is 447 g/mol. The minimum absolute atomic E-state index is 0.0869. The van der Waals surface area contributed by atoms with Gasteiger partial charge in [-0.2, -0.15) is 10.2 Å². The minimum Gasteiger partial charge on any atom is -0.444 e. The Hall–Kier alpha value is -3.78. The fraction of sp³-hybridized carbons (Fsp3) is 0.440. The van der Waals surface area contributed by atoms with Gasteiger partial charge >= 0.3 is 6.09 Å². The molecule has 3 rings (SSSR count). The van der Waals surface area contributed by atoms with Crippen LogP contribution in [0.4, 0.5) is 22.2 Å². The molecule has 8 heteroatoms. The molecule has 0 spiro atoms. The lowest BCUT2D eigenvalue weighted by Crippen LogP contribution is -2.45. The van der Waals surface area contributed by atoms with Gasteiger partial charge in [0.15, 0.2) is 0 Å². The lowest BCUT2D eigenvalue weighted by atomic mass is 9.81. The summed E-state index contributed by atoms with van der Waals surface area (Å²) in [5, 5.41) is 18.4. The number of carbonyl (C=O) groups excluding carboxylic acids is 1. The minimum atomic E-state index is -0.505. The quantitative estimate of drug-likeness (QED) is 0.557. The number of anilines is 3. The molecule has 1 aliphatic carbocycles. The molecule has 0 radical (unpaired) electrons. The normalized spacial score (nSPS) is 16.9. The third-order valence-electron chi connectivity index (χ3n) is 4.85. The second-order valence-electron chi connectivity index (χ2n) is 8.98. The molecule has 33 heavy (non-hydrogen) atoms. The zero-order valence-electron chi connectivity index (χ0n) is 19.5. The second-order valence-corrected chi connectivity index (χ2v) is 8.98. The molecule has 8 nitrogen and oxygen atoms in total. The average Bonchev–Trinajstić information content (AvgIpc) is 2.73. The smallest absolute Gasteiger partial charge is 0.407 e. The van der Waals surface area contributed by atoms with Crippen molar-refractivity contribution in [2.24, 2.45) is 5.92 Å². The van der Waals surface area contributed by atoms with Gasteiger partial charge in [-0.15, -0.1) is 0 Å². The van der Waals surface area contributed by atoms with Gasteiger partial charge in [-0.05, 0) is 58.2 Å². The maximum atomic E-state index is 11.9. The largest absolute Gasteiger partial charge is 0.444 e. The van der Waals surface area contributed by atoms with Crippen LogP contribution in [-0.2, 0) is 4.74 Å². The number of nitriles is 1. The predicted octanol–water partition coefficient (Wildman–Crippen LogP) is 4.57. The van der Waals surface area contributed by atoms with Crippen molar-refractivity contribution in [2.45, 2.75) is 58.6 Å². The topological polar surface area (TPSA) is 112 Å². The first kappa shape index (κ1) is 23.9. The summed E-state index contributed by atoms with van der Waals surface area (Å²) in [6, 6.07) is 9.36. The molecule has 0 aliphatic heterocycles. The molecule has 0 saturated heterocycles. The van der Waals surface area contributed by atoms with Crippen LogP contribution in [0.25, 0.3) is 0 Å². The van der Waals surface area contributed by atoms with E-state index >= 15 is 0 Å². The fourth-order valence-electron chi connectivity index (χ4n) is 3.21. The summed E-state index contributed by atoms with van der Waals surface area (Å²) in [6.45, 7) is 8.38. The van der Waals surface area contributed by atoms with Crippen LogP contribution in [0.5, 0.6) is 0 Å². The molecule has 1 saturated carbocycles. The molecule has 3 N–H and O–H groups in total. The van der Waals surface area contributed by atoms with Gasteiger partial charge in [0, 0.05) is 24.2 Å². The first-order valence-corrected chi connectivity index (χ1v) is 11.1. The van der Waals surface area contributed by atoms with E-state index in [-0.39, 0.29) is 18.1 Å². The van der Waals surface area contributed by atoms with Crippen molar-refractivity contribution in [1.29, 1.82) is 5.26 Å². The van der Waals surface area contributed by atoms with Gasteiger partial charge in [0.05, 0.1) is 23.4 Å². The van der Waals surface area contributed by atoms with E-state index in [1.54, 1.807) is 24.4 Å². The fourth-order valence-corrected chi connectivity index (χ4v) is 3.21. The summed E-state index contributed by atoms with van der Waals surface area (Å²) in [7, 11) is 0. The van der Waals surface area contributed by atoms with Crippen molar-refractivity contribution >= 4 is 23.5 Å².